The number of rotatable bonds is 4. The van der Waals surface area contributed by atoms with Crippen molar-refractivity contribution in [3.63, 3.8) is 0 Å². The van der Waals surface area contributed by atoms with Crippen LogP contribution in [-0.2, 0) is 4.79 Å². The molecule has 0 bridgehead atoms. The van der Waals surface area contributed by atoms with Gasteiger partial charge in [0.15, 0.2) is 0 Å². The van der Waals surface area contributed by atoms with E-state index < -0.39 is 0 Å². The number of nitrogens with zero attached hydrogens (tertiary/aromatic N) is 2. The Morgan fingerprint density at radius 2 is 1.96 bits per heavy atom. The van der Waals surface area contributed by atoms with Crippen LogP contribution < -0.4 is 5.32 Å². The van der Waals surface area contributed by atoms with Crippen LogP contribution in [0.3, 0.4) is 0 Å². The van der Waals surface area contributed by atoms with E-state index in [9.17, 15) is 4.79 Å². The van der Waals surface area contributed by atoms with Crippen molar-refractivity contribution in [1.82, 2.24) is 15.1 Å². The van der Waals surface area contributed by atoms with Gasteiger partial charge in [-0.3, -0.25) is 9.69 Å². The number of thioether (sulfide) groups is 1. The van der Waals surface area contributed by atoms with Crippen molar-refractivity contribution in [3.05, 3.63) is 33.8 Å². The maximum atomic E-state index is 12.5. The third-order valence-corrected chi connectivity index (χ3v) is 6.48. The average molecular weight is 374 g/mol. The minimum atomic E-state index is -0.0162. The molecule has 2 aliphatic heterocycles. The van der Waals surface area contributed by atoms with Crippen LogP contribution in [0.5, 0.6) is 0 Å². The highest BCUT2D eigenvalue weighted by atomic mass is 35.5. The number of halogens is 2. The molecular weight excluding hydrogens is 353 g/mol. The Hall–Kier alpha value is -0.460. The van der Waals surface area contributed by atoms with E-state index in [4.69, 9.17) is 23.2 Å². The van der Waals surface area contributed by atoms with E-state index in [-0.39, 0.29) is 16.5 Å². The predicted molar refractivity (Wildman–Crippen MR) is 97.3 cm³/mol. The first-order valence-electron chi connectivity index (χ1n) is 7.90. The second-order valence-electron chi connectivity index (χ2n) is 5.93. The van der Waals surface area contributed by atoms with Crippen LogP contribution in [0.2, 0.25) is 10.0 Å². The largest absolute Gasteiger partial charge is 0.324 e. The molecule has 1 amide bonds. The third-order valence-electron chi connectivity index (χ3n) is 4.34. The smallest absolute Gasteiger partial charge is 0.236 e. The minimum absolute atomic E-state index is 0.0162. The lowest BCUT2D eigenvalue weighted by Crippen LogP contribution is -2.46. The predicted octanol–water partition coefficient (Wildman–Crippen LogP) is 2.86. The number of carbonyl (C=O) groups excluding carboxylic acids is 1. The number of piperazine rings is 1. The van der Waals surface area contributed by atoms with Crippen molar-refractivity contribution in [2.45, 2.75) is 17.5 Å². The van der Waals surface area contributed by atoms with Gasteiger partial charge in [-0.25, -0.2) is 0 Å². The summed E-state index contributed by atoms with van der Waals surface area (Å²) in [4.78, 5) is 16.9. The van der Waals surface area contributed by atoms with Gasteiger partial charge >= 0.3 is 0 Å². The molecule has 2 saturated heterocycles. The fourth-order valence-corrected chi connectivity index (χ4v) is 4.61. The molecule has 7 heteroatoms. The van der Waals surface area contributed by atoms with Gasteiger partial charge in [-0.15, -0.1) is 11.8 Å². The van der Waals surface area contributed by atoms with Crippen molar-refractivity contribution in [2.75, 3.05) is 39.3 Å². The van der Waals surface area contributed by atoms with E-state index >= 15 is 0 Å². The van der Waals surface area contributed by atoms with Gasteiger partial charge in [0.2, 0.25) is 5.91 Å². The summed E-state index contributed by atoms with van der Waals surface area (Å²) in [5, 5.41) is 4.45. The molecule has 2 atom stereocenters. The first-order chi connectivity index (χ1) is 11.1. The Kier molecular flexibility index (Phi) is 5.75. The van der Waals surface area contributed by atoms with Crippen molar-refractivity contribution in [1.29, 1.82) is 0 Å². The number of amides is 1. The zero-order chi connectivity index (χ0) is 16.4. The molecule has 126 valence electrons. The van der Waals surface area contributed by atoms with Gasteiger partial charge in [-0.1, -0.05) is 29.3 Å². The first-order valence-corrected chi connectivity index (χ1v) is 9.60. The molecular formula is C16H21Cl2N3OS. The summed E-state index contributed by atoms with van der Waals surface area (Å²) in [6.45, 7) is 7.77. The van der Waals surface area contributed by atoms with E-state index in [0.29, 0.717) is 10.0 Å². The quantitative estimate of drug-likeness (QED) is 0.879. The SMILES string of the molecule is C[C@H]1S[C@@H](c2ccc(Cl)c(Cl)c2)N(CCN2CCNCC2)C1=O. The summed E-state index contributed by atoms with van der Waals surface area (Å²) in [5.41, 5.74) is 1.04. The molecule has 23 heavy (non-hydrogen) atoms. The highest BCUT2D eigenvalue weighted by Crippen LogP contribution is 2.43. The monoisotopic (exact) mass is 373 g/mol. The second-order valence-corrected chi connectivity index (χ2v) is 8.17. The van der Waals surface area contributed by atoms with E-state index in [1.54, 1.807) is 11.8 Å². The summed E-state index contributed by atoms with van der Waals surface area (Å²) < 4.78 is 0. The van der Waals surface area contributed by atoms with Crippen LogP contribution in [0.25, 0.3) is 0 Å². The number of nitrogens with one attached hydrogen (secondary N) is 1. The van der Waals surface area contributed by atoms with E-state index in [1.165, 1.54) is 0 Å². The van der Waals surface area contributed by atoms with Crippen LogP contribution in [0.4, 0.5) is 0 Å². The number of hydrogen-bond acceptors (Lipinski definition) is 4. The summed E-state index contributed by atoms with van der Waals surface area (Å²) in [5.74, 6) is 0.209. The Bertz CT molecular complexity index is 580. The van der Waals surface area contributed by atoms with Crippen LogP contribution in [0, 0.1) is 0 Å². The van der Waals surface area contributed by atoms with Gasteiger partial charge in [-0.2, -0.15) is 0 Å². The van der Waals surface area contributed by atoms with Crippen molar-refractivity contribution < 1.29 is 4.79 Å². The lowest BCUT2D eigenvalue weighted by atomic mass is 10.2. The maximum Gasteiger partial charge on any atom is 0.236 e. The molecule has 0 aromatic heterocycles. The van der Waals surface area contributed by atoms with Crippen LogP contribution >= 0.6 is 35.0 Å². The highest BCUT2D eigenvalue weighted by molar-refractivity contribution is 8.01. The molecule has 2 fully saturated rings. The zero-order valence-electron chi connectivity index (χ0n) is 13.1. The number of hydrogen-bond donors (Lipinski definition) is 1. The summed E-state index contributed by atoms with van der Waals surface area (Å²) >= 11 is 13.8. The lowest BCUT2D eigenvalue weighted by Gasteiger charge is -2.31. The molecule has 1 N–H and O–H groups in total. The molecule has 4 nitrogen and oxygen atoms in total. The van der Waals surface area contributed by atoms with Gasteiger partial charge in [0.05, 0.1) is 15.3 Å². The van der Waals surface area contributed by atoms with Crippen LogP contribution in [0.15, 0.2) is 18.2 Å². The fraction of sp³-hybridized carbons (Fsp3) is 0.562. The van der Waals surface area contributed by atoms with Gasteiger partial charge in [0, 0.05) is 39.3 Å². The molecule has 0 aliphatic carbocycles. The Morgan fingerprint density at radius 3 is 2.65 bits per heavy atom. The summed E-state index contributed by atoms with van der Waals surface area (Å²) in [6.07, 6.45) is 0. The normalized spacial score (nSPS) is 26.0. The second kappa shape index (κ2) is 7.62. The highest BCUT2D eigenvalue weighted by Gasteiger charge is 2.38. The maximum absolute atomic E-state index is 12.5. The Morgan fingerprint density at radius 1 is 1.22 bits per heavy atom. The molecule has 1 aromatic rings. The molecule has 0 radical (unpaired) electrons. The first kappa shape index (κ1) is 17.4. The van der Waals surface area contributed by atoms with Crippen molar-refractivity contribution >= 4 is 40.9 Å². The van der Waals surface area contributed by atoms with E-state index in [2.05, 4.69) is 10.2 Å². The molecule has 3 rings (SSSR count). The van der Waals surface area contributed by atoms with Gasteiger partial charge < -0.3 is 10.2 Å². The molecule has 1 aromatic carbocycles. The Labute approximate surface area is 151 Å². The summed E-state index contributed by atoms with van der Waals surface area (Å²) in [6, 6.07) is 5.65. The fourth-order valence-electron chi connectivity index (χ4n) is 3.01. The average Bonchev–Trinajstić information content (AvgIpc) is 2.84. The van der Waals surface area contributed by atoms with E-state index in [1.807, 2.05) is 30.0 Å². The number of benzene rings is 1. The molecule has 0 saturated carbocycles. The van der Waals surface area contributed by atoms with Gasteiger partial charge in [0.1, 0.15) is 5.37 Å². The Balaban J connectivity index is 1.72. The lowest BCUT2D eigenvalue weighted by molar-refractivity contribution is -0.130. The van der Waals surface area contributed by atoms with Gasteiger partial charge in [0.25, 0.3) is 0 Å². The molecule has 0 unspecified atom stereocenters. The third kappa shape index (κ3) is 3.97. The summed E-state index contributed by atoms with van der Waals surface area (Å²) in [7, 11) is 0. The van der Waals surface area contributed by atoms with Gasteiger partial charge in [-0.05, 0) is 24.6 Å². The van der Waals surface area contributed by atoms with Crippen LogP contribution in [-0.4, -0.2) is 60.2 Å². The van der Waals surface area contributed by atoms with E-state index in [0.717, 1.165) is 44.8 Å². The van der Waals surface area contributed by atoms with Crippen molar-refractivity contribution in [3.8, 4) is 0 Å². The van der Waals surface area contributed by atoms with Crippen molar-refractivity contribution in [2.24, 2.45) is 0 Å². The standard InChI is InChI=1S/C16H21Cl2N3OS/c1-11-15(22)21(9-8-20-6-4-19-5-7-20)16(23-11)12-2-3-13(17)14(18)10-12/h2-3,10-11,16,19H,4-9H2,1H3/t11-,16+/m1/s1. The zero-order valence-corrected chi connectivity index (χ0v) is 15.4. The molecule has 2 aliphatic rings. The number of carbonyl (C=O) groups is 1. The minimum Gasteiger partial charge on any atom is -0.324 e. The molecule has 2 heterocycles. The molecule has 0 spiro atoms. The topological polar surface area (TPSA) is 35.6 Å². The van der Waals surface area contributed by atoms with Crippen LogP contribution in [0.1, 0.15) is 17.9 Å².